The van der Waals surface area contributed by atoms with Crippen LogP contribution in [0.4, 0.5) is 24.5 Å². The third-order valence-corrected chi connectivity index (χ3v) is 3.62. The van der Waals surface area contributed by atoms with E-state index < -0.39 is 12.1 Å². The summed E-state index contributed by atoms with van der Waals surface area (Å²) in [5.74, 6) is -2.14. The molecule has 4 nitrogen and oxygen atoms in total. The zero-order chi connectivity index (χ0) is 17.2. The summed E-state index contributed by atoms with van der Waals surface area (Å²) < 4.78 is 39.8. The van der Waals surface area contributed by atoms with Crippen molar-refractivity contribution in [3.05, 3.63) is 47.5 Å². The largest absolute Gasteiger partial charge is 0.506 e. The van der Waals surface area contributed by atoms with Gasteiger partial charge in [0.25, 0.3) is 0 Å². The number of aromatic hydroxyl groups is 2. The van der Waals surface area contributed by atoms with Gasteiger partial charge in [-0.25, -0.2) is 0 Å². The quantitative estimate of drug-likeness (QED) is 0.513. The number of benzene rings is 2. The van der Waals surface area contributed by atoms with E-state index in [9.17, 15) is 23.4 Å². The van der Waals surface area contributed by atoms with Crippen LogP contribution in [0.25, 0.3) is 0 Å². The molecule has 23 heavy (non-hydrogen) atoms. The number of halogens is 3. The molecule has 0 aromatic heterocycles. The van der Waals surface area contributed by atoms with E-state index in [4.69, 9.17) is 11.5 Å². The molecule has 0 aliphatic carbocycles. The van der Waals surface area contributed by atoms with Crippen molar-refractivity contribution < 1.29 is 23.4 Å². The van der Waals surface area contributed by atoms with Crippen LogP contribution in [0.2, 0.25) is 0 Å². The Morgan fingerprint density at radius 1 is 0.826 bits per heavy atom. The molecular formula is C16H17F3N2O2. The summed E-state index contributed by atoms with van der Waals surface area (Å²) in [4.78, 5) is 0. The fraction of sp³-hybridized carbons (Fsp3) is 0.250. The average molecular weight is 326 g/mol. The third-order valence-electron chi connectivity index (χ3n) is 3.62. The van der Waals surface area contributed by atoms with E-state index in [1.54, 1.807) is 0 Å². The number of phenolic OH excluding ortho intramolecular Hbond substituents is 2. The standard InChI is InChI=1S/C16H17F3N2O2/c17-16(18,19)11(5-9-1-3-12(20)14(22)7-9)6-10-2-4-13(21)15(23)8-10/h1-4,7-8,11,22-23H,5-6,20-21H2. The SMILES string of the molecule is Nc1ccc(CC(Cc2ccc(N)c(O)c2)C(F)(F)F)cc1O. The summed E-state index contributed by atoms with van der Waals surface area (Å²) in [5, 5.41) is 19.0. The highest BCUT2D eigenvalue weighted by atomic mass is 19.4. The molecule has 0 saturated heterocycles. The zero-order valence-electron chi connectivity index (χ0n) is 12.1. The molecule has 6 N–H and O–H groups in total. The Bertz CT molecular complexity index is 649. The van der Waals surface area contributed by atoms with Gasteiger partial charge < -0.3 is 21.7 Å². The predicted octanol–water partition coefficient (Wildman–Crippen LogP) is 3.23. The number of nitrogens with two attached hydrogens (primary N) is 2. The van der Waals surface area contributed by atoms with E-state index in [2.05, 4.69) is 0 Å². The molecule has 0 bridgehead atoms. The van der Waals surface area contributed by atoms with E-state index in [1.165, 1.54) is 36.4 Å². The van der Waals surface area contributed by atoms with Crippen LogP contribution < -0.4 is 11.5 Å². The first kappa shape index (κ1) is 16.8. The second-order valence-corrected chi connectivity index (χ2v) is 5.43. The minimum Gasteiger partial charge on any atom is -0.506 e. The lowest BCUT2D eigenvalue weighted by Crippen LogP contribution is -2.27. The lowest BCUT2D eigenvalue weighted by atomic mass is 9.91. The fourth-order valence-electron chi connectivity index (χ4n) is 2.31. The summed E-state index contributed by atoms with van der Waals surface area (Å²) in [6.07, 6.45) is -5.03. The van der Waals surface area contributed by atoms with Gasteiger partial charge in [0, 0.05) is 0 Å². The van der Waals surface area contributed by atoms with E-state index >= 15 is 0 Å². The smallest absolute Gasteiger partial charge is 0.392 e. The Labute approximate surface area is 131 Å². The van der Waals surface area contributed by atoms with E-state index in [0.29, 0.717) is 11.1 Å². The Hall–Kier alpha value is -2.57. The summed E-state index contributed by atoms with van der Waals surface area (Å²) in [7, 11) is 0. The first-order chi connectivity index (χ1) is 10.7. The van der Waals surface area contributed by atoms with Crippen LogP contribution in [0.5, 0.6) is 11.5 Å². The van der Waals surface area contributed by atoms with Gasteiger partial charge in [0.15, 0.2) is 0 Å². The lowest BCUT2D eigenvalue weighted by molar-refractivity contribution is -0.173. The van der Waals surface area contributed by atoms with Crippen molar-refractivity contribution in [1.82, 2.24) is 0 Å². The van der Waals surface area contributed by atoms with Crippen LogP contribution in [-0.4, -0.2) is 16.4 Å². The van der Waals surface area contributed by atoms with Crippen LogP contribution in [-0.2, 0) is 12.8 Å². The maximum Gasteiger partial charge on any atom is 0.392 e. The molecule has 0 saturated carbocycles. The Morgan fingerprint density at radius 3 is 1.52 bits per heavy atom. The lowest BCUT2D eigenvalue weighted by Gasteiger charge is -2.21. The normalized spacial score (nSPS) is 11.8. The number of anilines is 2. The molecule has 2 aromatic carbocycles. The van der Waals surface area contributed by atoms with Gasteiger partial charge in [-0.3, -0.25) is 0 Å². The number of phenols is 2. The first-order valence-corrected chi connectivity index (χ1v) is 6.88. The Kier molecular flexibility index (Phi) is 4.58. The molecule has 2 rings (SSSR count). The molecule has 0 spiro atoms. The maximum absolute atomic E-state index is 13.3. The van der Waals surface area contributed by atoms with Crippen molar-refractivity contribution in [3.63, 3.8) is 0 Å². The molecule has 7 heteroatoms. The van der Waals surface area contributed by atoms with Gasteiger partial charge in [-0.2, -0.15) is 13.2 Å². The molecule has 124 valence electrons. The summed E-state index contributed by atoms with van der Waals surface area (Å²) >= 11 is 0. The van der Waals surface area contributed by atoms with Gasteiger partial charge >= 0.3 is 6.18 Å². The van der Waals surface area contributed by atoms with Crippen LogP contribution in [0, 0.1) is 5.92 Å². The van der Waals surface area contributed by atoms with Crippen molar-refractivity contribution in [2.45, 2.75) is 19.0 Å². The van der Waals surface area contributed by atoms with Gasteiger partial charge in [0.1, 0.15) is 11.5 Å². The maximum atomic E-state index is 13.3. The minimum atomic E-state index is -4.42. The molecular weight excluding hydrogens is 309 g/mol. The molecule has 0 atom stereocenters. The third kappa shape index (κ3) is 4.21. The van der Waals surface area contributed by atoms with Crippen molar-refractivity contribution in [3.8, 4) is 11.5 Å². The average Bonchev–Trinajstić information content (AvgIpc) is 2.45. The van der Waals surface area contributed by atoms with Crippen LogP contribution in [0.15, 0.2) is 36.4 Å². The predicted molar refractivity (Wildman–Crippen MR) is 82.0 cm³/mol. The Balaban J connectivity index is 2.23. The zero-order valence-corrected chi connectivity index (χ0v) is 12.1. The molecule has 0 aliphatic heterocycles. The molecule has 0 amide bonds. The summed E-state index contributed by atoms with van der Waals surface area (Å²) in [5.41, 5.74) is 11.8. The molecule has 0 heterocycles. The van der Waals surface area contributed by atoms with Gasteiger partial charge in [-0.1, -0.05) is 12.1 Å². The van der Waals surface area contributed by atoms with Crippen molar-refractivity contribution in [2.75, 3.05) is 11.5 Å². The molecule has 2 aromatic rings. The van der Waals surface area contributed by atoms with Crippen molar-refractivity contribution >= 4 is 11.4 Å². The Morgan fingerprint density at radius 2 is 1.22 bits per heavy atom. The fourth-order valence-corrected chi connectivity index (χ4v) is 2.31. The summed E-state index contributed by atoms with van der Waals surface area (Å²) in [6, 6.07) is 8.10. The highest BCUT2D eigenvalue weighted by Crippen LogP contribution is 2.34. The number of alkyl halides is 3. The van der Waals surface area contributed by atoms with Crippen molar-refractivity contribution in [2.24, 2.45) is 5.92 Å². The second-order valence-electron chi connectivity index (χ2n) is 5.43. The van der Waals surface area contributed by atoms with Gasteiger partial charge in [-0.05, 0) is 48.2 Å². The monoisotopic (exact) mass is 326 g/mol. The minimum absolute atomic E-state index is 0.112. The number of rotatable bonds is 4. The highest BCUT2D eigenvalue weighted by Gasteiger charge is 2.39. The van der Waals surface area contributed by atoms with E-state index in [0.717, 1.165) is 0 Å². The van der Waals surface area contributed by atoms with Gasteiger partial charge in [0.2, 0.25) is 0 Å². The molecule has 0 radical (unpaired) electrons. The molecule has 0 unspecified atom stereocenters. The van der Waals surface area contributed by atoms with Crippen molar-refractivity contribution in [1.29, 1.82) is 0 Å². The molecule has 0 aliphatic rings. The van der Waals surface area contributed by atoms with E-state index in [-0.39, 0.29) is 35.7 Å². The number of hydrogen-bond acceptors (Lipinski definition) is 4. The summed E-state index contributed by atoms with van der Waals surface area (Å²) in [6.45, 7) is 0. The van der Waals surface area contributed by atoms with Gasteiger partial charge in [0.05, 0.1) is 17.3 Å². The highest BCUT2D eigenvalue weighted by molar-refractivity contribution is 5.54. The van der Waals surface area contributed by atoms with Gasteiger partial charge in [-0.15, -0.1) is 0 Å². The molecule has 0 fully saturated rings. The topological polar surface area (TPSA) is 92.5 Å². The second kappa shape index (κ2) is 6.28. The van der Waals surface area contributed by atoms with Crippen LogP contribution in [0.1, 0.15) is 11.1 Å². The van der Waals surface area contributed by atoms with E-state index in [1.807, 2.05) is 0 Å². The first-order valence-electron chi connectivity index (χ1n) is 6.88. The van der Waals surface area contributed by atoms with Crippen LogP contribution in [0.3, 0.4) is 0 Å². The number of hydrogen-bond donors (Lipinski definition) is 4. The van der Waals surface area contributed by atoms with Crippen LogP contribution >= 0.6 is 0 Å². The number of nitrogen functional groups attached to an aromatic ring is 2.